The molecular weight excluding hydrogens is 306 g/mol. The number of hydrogen-bond acceptors (Lipinski definition) is 4. The molecule has 1 amide bonds. The highest BCUT2D eigenvalue weighted by molar-refractivity contribution is 6.05. The number of hydrogen-bond donors (Lipinski definition) is 1. The molecule has 1 heterocycles. The van der Waals surface area contributed by atoms with Crippen LogP contribution in [0, 0.1) is 5.92 Å². The first kappa shape index (κ1) is 16.6. The Morgan fingerprint density at radius 3 is 2.58 bits per heavy atom. The maximum absolute atomic E-state index is 13.0. The van der Waals surface area contributed by atoms with Crippen LogP contribution in [0.5, 0.6) is 0 Å². The van der Waals surface area contributed by atoms with Crippen molar-refractivity contribution < 1.29 is 9.90 Å². The second kappa shape index (κ2) is 6.73. The number of benzene rings is 1. The van der Waals surface area contributed by atoms with Crippen LogP contribution < -0.4 is 5.56 Å². The average Bonchev–Trinajstić information content (AvgIpc) is 3.39. The van der Waals surface area contributed by atoms with Crippen LogP contribution in [0.4, 0.5) is 0 Å². The fourth-order valence-electron chi connectivity index (χ4n) is 2.94. The minimum atomic E-state index is -0.208. The molecule has 2 aromatic rings. The molecule has 24 heavy (non-hydrogen) atoms. The lowest BCUT2D eigenvalue weighted by molar-refractivity contribution is 0.0701. The summed E-state index contributed by atoms with van der Waals surface area (Å²) in [6.45, 7) is 4.70. The van der Waals surface area contributed by atoms with Gasteiger partial charge in [-0.25, -0.2) is 4.68 Å². The van der Waals surface area contributed by atoms with Gasteiger partial charge in [0.25, 0.3) is 11.5 Å². The SMILES string of the molecule is CC(C)Cn1nc(C(=O)N(CCO)C2CC2)c2ccccc2c1=O. The highest BCUT2D eigenvalue weighted by Gasteiger charge is 2.34. The molecule has 128 valence electrons. The summed E-state index contributed by atoms with van der Waals surface area (Å²) < 4.78 is 1.39. The van der Waals surface area contributed by atoms with Crippen molar-refractivity contribution >= 4 is 16.7 Å². The lowest BCUT2D eigenvalue weighted by atomic mass is 10.1. The van der Waals surface area contributed by atoms with Crippen molar-refractivity contribution in [2.24, 2.45) is 5.92 Å². The van der Waals surface area contributed by atoms with Gasteiger partial charge in [-0.3, -0.25) is 9.59 Å². The van der Waals surface area contributed by atoms with Crippen molar-refractivity contribution in [2.75, 3.05) is 13.2 Å². The Bertz CT molecular complexity index is 809. The van der Waals surface area contributed by atoms with E-state index in [0.717, 1.165) is 12.8 Å². The molecule has 3 rings (SSSR count). The van der Waals surface area contributed by atoms with Gasteiger partial charge in [0.2, 0.25) is 0 Å². The van der Waals surface area contributed by atoms with E-state index in [1.165, 1.54) is 4.68 Å². The Kier molecular flexibility index (Phi) is 4.66. The van der Waals surface area contributed by atoms with Crippen molar-refractivity contribution in [3.8, 4) is 0 Å². The first-order chi connectivity index (χ1) is 11.5. The lowest BCUT2D eigenvalue weighted by Gasteiger charge is -2.22. The summed E-state index contributed by atoms with van der Waals surface area (Å²) in [5.74, 6) is 0.0385. The van der Waals surface area contributed by atoms with Crippen LogP contribution in [0.25, 0.3) is 10.8 Å². The molecule has 1 saturated carbocycles. The molecule has 0 aliphatic heterocycles. The molecule has 1 aromatic heterocycles. The number of carbonyl (C=O) groups excluding carboxylic acids is 1. The summed E-state index contributed by atoms with van der Waals surface area (Å²) in [5, 5.41) is 14.7. The van der Waals surface area contributed by atoms with Gasteiger partial charge in [0.1, 0.15) is 0 Å². The van der Waals surface area contributed by atoms with E-state index in [0.29, 0.717) is 29.6 Å². The molecule has 1 fully saturated rings. The van der Waals surface area contributed by atoms with Gasteiger partial charge in [-0.15, -0.1) is 0 Å². The first-order valence-corrected chi connectivity index (χ1v) is 8.44. The molecule has 6 nitrogen and oxygen atoms in total. The van der Waals surface area contributed by atoms with Gasteiger partial charge in [-0.2, -0.15) is 5.10 Å². The van der Waals surface area contributed by atoms with Crippen LogP contribution in [-0.2, 0) is 6.54 Å². The predicted molar refractivity (Wildman–Crippen MR) is 92.0 cm³/mol. The maximum atomic E-state index is 13.0. The van der Waals surface area contributed by atoms with E-state index in [2.05, 4.69) is 5.10 Å². The summed E-state index contributed by atoms with van der Waals surface area (Å²) in [7, 11) is 0. The maximum Gasteiger partial charge on any atom is 0.275 e. The Hall–Kier alpha value is -2.21. The van der Waals surface area contributed by atoms with Gasteiger partial charge < -0.3 is 10.0 Å². The lowest BCUT2D eigenvalue weighted by Crippen LogP contribution is -2.38. The normalized spacial score (nSPS) is 14.3. The predicted octanol–water partition coefficient (Wildman–Crippen LogP) is 1.65. The molecule has 0 bridgehead atoms. The zero-order valence-corrected chi connectivity index (χ0v) is 14.1. The van der Waals surface area contributed by atoms with E-state index in [1.807, 2.05) is 13.8 Å². The van der Waals surface area contributed by atoms with E-state index < -0.39 is 0 Å². The zero-order valence-electron chi connectivity index (χ0n) is 14.1. The minimum absolute atomic E-state index is 0.0776. The highest BCUT2D eigenvalue weighted by Crippen LogP contribution is 2.28. The quantitative estimate of drug-likeness (QED) is 0.874. The molecule has 0 atom stereocenters. The van der Waals surface area contributed by atoms with E-state index in [9.17, 15) is 14.7 Å². The molecule has 1 aliphatic carbocycles. The van der Waals surface area contributed by atoms with E-state index in [1.54, 1.807) is 29.2 Å². The van der Waals surface area contributed by atoms with Crippen LogP contribution in [-0.4, -0.2) is 44.9 Å². The molecule has 0 spiro atoms. The Balaban J connectivity index is 2.13. The Labute approximate surface area is 140 Å². The van der Waals surface area contributed by atoms with Crippen molar-refractivity contribution in [3.05, 3.63) is 40.3 Å². The second-order valence-corrected chi connectivity index (χ2v) is 6.73. The van der Waals surface area contributed by atoms with E-state index in [4.69, 9.17) is 0 Å². The number of rotatable bonds is 6. The van der Waals surface area contributed by atoms with Crippen LogP contribution in [0.2, 0.25) is 0 Å². The molecular formula is C18H23N3O3. The van der Waals surface area contributed by atoms with Gasteiger partial charge in [0, 0.05) is 24.5 Å². The molecule has 1 N–H and O–H groups in total. The highest BCUT2D eigenvalue weighted by atomic mass is 16.3. The number of nitrogens with zero attached hydrogens (tertiary/aromatic N) is 3. The molecule has 0 saturated heterocycles. The topological polar surface area (TPSA) is 75.4 Å². The Morgan fingerprint density at radius 1 is 1.33 bits per heavy atom. The molecule has 1 aromatic carbocycles. The number of aliphatic hydroxyl groups excluding tert-OH is 1. The second-order valence-electron chi connectivity index (χ2n) is 6.73. The largest absolute Gasteiger partial charge is 0.395 e. The van der Waals surface area contributed by atoms with Crippen LogP contribution >= 0.6 is 0 Å². The average molecular weight is 329 g/mol. The molecule has 1 aliphatic rings. The van der Waals surface area contributed by atoms with Crippen molar-refractivity contribution in [1.29, 1.82) is 0 Å². The number of aliphatic hydroxyl groups is 1. The van der Waals surface area contributed by atoms with Crippen LogP contribution in [0.1, 0.15) is 37.2 Å². The van der Waals surface area contributed by atoms with E-state index in [-0.39, 0.29) is 30.0 Å². The fraction of sp³-hybridized carbons (Fsp3) is 0.500. The number of aromatic nitrogens is 2. The summed E-state index contributed by atoms with van der Waals surface area (Å²) >= 11 is 0. The number of carbonyl (C=O) groups is 1. The standard InChI is InChI=1S/C18H23N3O3/c1-12(2)11-21-17(23)15-6-4-3-5-14(15)16(19-21)18(24)20(9-10-22)13-7-8-13/h3-6,12-13,22H,7-11H2,1-2H3. The van der Waals surface area contributed by atoms with Crippen molar-refractivity contribution in [1.82, 2.24) is 14.7 Å². The van der Waals surface area contributed by atoms with Crippen LogP contribution in [0.3, 0.4) is 0 Å². The molecule has 0 unspecified atom stereocenters. The van der Waals surface area contributed by atoms with Gasteiger partial charge in [-0.1, -0.05) is 32.0 Å². The summed E-state index contributed by atoms with van der Waals surface area (Å²) in [6.07, 6.45) is 1.91. The molecule has 0 radical (unpaired) electrons. The monoisotopic (exact) mass is 329 g/mol. The fourth-order valence-corrected chi connectivity index (χ4v) is 2.94. The third kappa shape index (κ3) is 3.19. The molecule has 6 heteroatoms. The van der Waals surface area contributed by atoms with Crippen LogP contribution in [0.15, 0.2) is 29.1 Å². The van der Waals surface area contributed by atoms with Gasteiger partial charge in [0.05, 0.1) is 12.0 Å². The first-order valence-electron chi connectivity index (χ1n) is 8.44. The smallest absolute Gasteiger partial charge is 0.275 e. The van der Waals surface area contributed by atoms with Gasteiger partial charge in [-0.05, 0) is 24.8 Å². The van der Waals surface area contributed by atoms with Gasteiger partial charge >= 0.3 is 0 Å². The van der Waals surface area contributed by atoms with E-state index >= 15 is 0 Å². The zero-order chi connectivity index (χ0) is 17.3. The third-order valence-electron chi connectivity index (χ3n) is 4.20. The summed E-state index contributed by atoms with van der Waals surface area (Å²) in [4.78, 5) is 27.3. The minimum Gasteiger partial charge on any atom is -0.395 e. The number of amides is 1. The van der Waals surface area contributed by atoms with Gasteiger partial charge in [0.15, 0.2) is 5.69 Å². The third-order valence-corrected chi connectivity index (χ3v) is 4.20. The van der Waals surface area contributed by atoms with Crippen molar-refractivity contribution in [3.63, 3.8) is 0 Å². The summed E-state index contributed by atoms with van der Waals surface area (Å²) in [5.41, 5.74) is 0.127. The summed E-state index contributed by atoms with van der Waals surface area (Å²) in [6, 6.07) is 7.28. The van der Waals surface area contributed by atoms with Crippen molar-refractivity contribution in [2.45, 2.75) is 39.3 Å². The Morgan fingerprint density at radius 2 is 2.00 bits per heavy atom. The number of fused-ring (bicyclic) bond motifs is 1.